The highest BCUT2D eigenvalue weighted by molar-refractivity contribution is 5.91. The summed E-state index contributed by atoms with van der Waals surface area (Å²) in [5.74, 6) is 3.98. The average Bonchev–Trinajstić information content (AvgIpc) is 3.08. The second-order valence-corrected chi connectivity index (χ2v) is 14.6. The van der Waals surface area contributed by atoms with Crippen molar-refractivity contribution in [2.24, 2.45) is 17.8 Å². The van der Waals surface area contributed by atoms with Crippen molar-refractivity contribution in [2.45, 2.75) is 123 Å². The summed E-state index contributed by atoms with van der Waals surface area (Å²) in [6.45, 7) is 8.97. The zero-order valence-electron chi connectivity index (χ0n) is 28.5. The van der Waals surface area contributed by atoms with Crippen LogP contribution in [0.4, 0.5) is 0 Å². The van der Waals surface area contributed by atoms with Gasteiger partial charge in [0, 0.05) is 0 Å². The van der Waals surface area contributed by atoms with Gasteiger partial charge in [-0.25, -0.2) is 9.59 Å². The summed E-state index contributed by atoms with van der Waals surface area (Å²) in [6.07, 6.45) is 14.9. The van der Waals surface area contributed by atoms with Gasteiger partial charge in [-0.05, 0) is 135 Å². The first kappa shape index (κ1) is 33.9. The number of benzene rings is 3. The molecule has 3 saturated carbocycles. The fourth-order valence-corrected chi connectivity index (χ4v) is 7.31. The largest absolute Gasteiger partial charge is 0.459 e. The van der Waals surface area contributed by atoms with E-state index in [2.05, 4.69) is 45.0 Å². The summed E-state index contributed by atoms with van der Waals surface area (Å²) in [4.78, 5) is 24.5. The molecule has 3 aromatic carbocycles. The lowest BCUT2D eigenvalue weighted by atomic mass is 9.79. The molecule has 0 heterocycles. The Bertz CT molecular complexity index is 1370. The van der Waals surface area contributed by atoms with Gasteiger partial charge in [-0.15, -0.1) is 0 Å². The molecule has 0 atom stereocenters. The van der Waals surface area contributed by atoms with E-state index in [0.29, 0.717) is 28.7 Å². The fraction of sp³-hybridized carbons (Fsp3) is 0.524. The van der Waals surface area contributed by atoms with E-state index in [1.807, 2.05) is 55.5 Å². The molecule has 3 aliphatic rings. The first-order valence-corrected chi connectivity index (χ1v) is 17.9. The van der Waals surface area contributed by atoms with E-state index in [4.69, 9.17) is 9.47 Å². The summed E-state index contributed by atoms with van der Waals surface area (Å²) in [5, 5.41) is 0. The molecule has 0 aliphatic heterocycles. The molecular weight excluding hydrogens is 568 g/mol. The van der Waals surface area contributed by atoms with E-state index in [1.54, 1.807) is 0 Å². The third-order valence-electron chi connectivity index (χ3n) is 10.7. The molecule has 0 bridgehead atoms. The molecule has 3 aliphatic carbocycles. The van der Waals surface area contributed by atoms with Crippen molar-refractivity contribution >= 4 is 11.9 Å². The number of esters is 2. The molecular formula is C42H54O4. The highest BCUT2D eigenvalue weighted by Crippen LogP contribution is 2.37. The van der Waals surface area contributed by atoms with Gasteiger partial charge in [0.05, 0.1) is 11.1 Å². The summed E-state index contributed by atoms with van der Waals surface area (Å²) in [5.41, 5.74) is 5.20. The van der Waals surface area contributed by atoms with Crippen molar-refractivity contribution in [2.75, 3.05) is 0 Å². The average molecular weight is 623 g/mol. The van der Waals surface area contributed by atoms with Gasteiger partial charge in [-0.3, -0.25) is 0 Å². The van der Waals surface area contributed by atoms with Crippen LogP contribution in [-0.4, -0.2) is 18.0 Å². The van der Waals surface area contributed by atoms with Crippen molar-refractivity contribution in [3.05, 3.63) is 101 Å². The molecule has 0 saturated heterocycles. The zero-order chi connectivity index (χ0) is 32.5. The smallest absolute Gasteiger partial charge is 0.343 e. The van der Waals surface area contributed by atoms with Crippen LogP contribution in [0.15, 0.2) is 72.8 Å². The molecule has 0 amide bonds. The molecule has 0 radical (unpaired) electrons. The zero-order valence-corrected chi connectivity index (χ0v) is 28.5. The monoisotopic (exact) mass is 622 g/mol. The van der Waals surface area contributed by atoms with Gasteiger partial charge in [0.1, 0.15) is 11.9 Å². The molecule has 0 unspecified atom stereocenters. The molecule has 0 aromatic heterocycles. The maximum Gasteiger partial charge on any atom is 0.343 e. The standard InChI is InChI=1S/C21H30O2.C21H24O2/c2*1-15-3-7-17(8-4-15)18-9-11-19(12-10-18)21(22)23-20-13-5-16(2)6-14-20/h9-12,15-17,20H,3-8,13-14H2,1-2H3;5-6,9-15,17H,3-4,7-8H2,1-2H3. The van der Waals surface area contributed by atoms with Crippen LogP contribution in [0.25, 0.3) is 0 Å². The summed E-state index contributed by atoms with van der Waals surface area (Å²) in [6, 6.07) is 23.7. The summed E-state index contributed by atoms with van der Waals surface area (Å²) < 4.78 is 11.1. The number of aryl methyl sites for hydroxylation is 1. The van der Waals surface area contributed by atoms with Gasteiger partial charge < -0.3 is 9.47 Å². The van der Waals surface area contributed by atoms with E-state index < -0.39 is 0 Å². The number of rotatable bonds is 6. The van der Waals surface area contributed by atoms with Crippen molar-refractivity contribution in [3.63, 3.8) is 0 Å². The highest BCUT2D eigenvalue weighted by atomic mass is 16.5. The lowest BCUT2D eigenvalue weighted by Crippen LogP contribution is -2.23. The molecule has 46 heavy (non-hydrogen) atoms. The van der Waals surface area contributed by atoms with Crippen molar-refractivity contribution in [3.8, 4) is 5.75 Å². The predicted molar refractivity (Wildman–Crippen MR) is 187 cm³/mol. The van der Waals surface area contributed by atoms with E-state index in [9.17, 15) is 9.59 Å². The maximum absolute atomic E-state index is 12.3. The Morgan fingerprint density at radius 3 is 1.33 bits per heavy atom. The Balaban J connectivity index is 0.000000181. The van der Waals surface area contributed by atoms with Crippen molar-refractivity contribution in [1.82, 2.24) is 0 Å². The number of ether oxygens (including phenoxy) is 2. The third-order valence-corrected chi connectivity index (χ3v) is 10.7. The van der Waals surface area contributed by atoms with Gasteiger partial charge >= 0.3 is 11.9 Å². The second-order valence-electron chi connectivity index (χ2n) is 14.6. The lowest BCUT2D eigenvalue weighted by molar-refractivity contribution is 0.0173. The first-order chi connectivity index (χ1) is 22.2. The third kappa shape index (κ3) is 9.80. The number of hydrogen-bond acceptors (Lipinski definition) is 4. The van der Waals surface area contributed by atoms with E-state index >= 15 is 0 Å². The van der Waals surface area contributed by atoms with Gasteiger partial charge in [-0.1, -0.05) is 88.4 Å². The van der Waals surface area contributed by atoms with Crippen LogP contribution in [0, 0.1) is 24.7 Å². The van der Waals surface area contributed by atoms with Crippen LogP contribution in [-0.2, 0) is 4.74 Å². The Labute approximate surface area is 277 Å². The fourth-order valence-electron chi connectivity index (χ4n) is 7.31. The van der Waals surface area contributed by atoms with E-state index in [0.717, 1.165) is 36.2 Å². The van der Waals surface area contributed by atoms with Crippen molar-refractivity contribution < 1.29 is 19.1 Å². The number of carbonyl (C=O) groups excluding carboxylic acids is 2. The van der Waals surface area contributed by atoms with Crippen LogP contribution in [0.5, 0.6) is 5.75 Å². The SMILES string of the molecule is CC1CCC(OC(=O)c2ccc(C3CCC(C)CC3)cc2)CC1.Cc1ccc(OC(=O)c2ccc(C3CCC(C)CC3)cc2)cc1. The minimum Gasteiger partial charge on any atom is -0.459 e. The molecule has 3 fully saturated rings. The predicted octanol–water partition coefficient (Wildman–Crippen LogP) is 11.2. The minimum atomic E-state index is -0.294. The topological polar surface area (TPSA) is 52.6 Å². The molecule has 4 heteroatoms. The van der Waals surface area contributed by atoms with E-state index in [-0.39, 0.29) is 18.0 Å². The van der Waals surface area contributed by atoms with Crippen LogP contribution in [0.2, 0.25) is 0 Å². The van der Waals surface area contributed by atoms with Crippen LogP contribution in [0.3, 0.4) is 0 Å². The van der Waals surface area contributed by atoms with Gasteiger partial charge in [0.2, 0.25) is 0 Å². The van der Waals surface area contributed by atoms with Crippen molar-refractivity contribution in [1.29, 1.82) is 0 Å². The molecule has 0 spiro atoms. The van der Waals surface area contributed by atoms with Crippen LogP contribution in [0.1, 0.15) is 147 Å². The Morgan fingerprint density at radius 2 is 0.891 bits per heavy atom. The van der Waals surface area contributed by atoms with Crippen LogP contribution >= 0.6 is 0 Å². The normalized spacial score (nSPS) is 26.3. The highest BCUT2D eigenvalue weighted by Gasteiger charge is 2.24. The first-order valence-electron chi connectivity index (χ1n) is 17.9. The Kier molecular flexibility index (Phi) is 12.1. The molecule has 4 nitrogen and oxygen atoms in total. The molecule has 3 aromatic rings. The number of hydrogen-bond donors (Lipinski definition) is 0. The number of carbonyl (C=O) groups is 2. The van der Waals surface area contributed by atoms with Gasteiger partial charge in [-0.2, -0.15) is 0 Å². The maximum atomic E-state index is 12.3. The quantitative estimate of drug-likeness (QED) is 0.203. The van der Waals surface area contributed by atoms with E-state index in [1.165, 1.54) is 75.3 Å². The second kappa shape index (κ2) is 16.4. The van der Waals surface area contributed by atoms with Gasteiger partial charge in [0.15, 0.2) is 0 Å². The Hall–Kier alpha value is -3.40. The summed E-state index contributed by atoms with van der Waals surface area (Å²) >= 11 is 0. The molecule has 0 N–H and O–H groups in total. The molecule has 6 rings (SSSR count). The molecule has 246 valence electrons. The van der Waals surface area contributed by atoms with Gasteiger partial charge in [0.25, 0.3) is 0 Å². The minimum absolute atomic E-state index is 0.123. The lowest BCUT2D eigenvalue weighted by Gasteiger charge is -2.27. The summed E-state index contributed by atoms with van der Waals surface area (Å²) in [7, 11) is 0. The van der Waals surface area contributed by atoms with Crippen LogP contribution < -0.4 is 4.74 Å². The Morgan fingerprint density at radius 1 is 0.500 bits per heavy atom.